The molecule has 0 saturated carbocycles. The summed E-state index contributed by atoms with van der Waals surface area (Å²) in [6.45, 7) is 3.81. The van der Waals surface area contributed by atoms with E-state index in [-0.39, 0.29) is 11.1 Å². The average molecular weight is 182 g/mol. The first-order valence-electron chi connectivity index (χ1n) is 4.06. The van der Waals surface area contributed by atoms with Gasteiger partial charge in [0.25, 0.3) is 0 Å². The number of hydrogen-bond donors (Lipinski definition) is 2. The van der Waals surface area contributed by atoms with Crippen LogP contribution in [0.15, 0.2) is 23.3 Å². The van der Waals surface area contributed by atoms with Gasteiger partial charge in [0.2, 0.25) is 5.43 Å². The number of nitrogens with zero attached hydrogens (tertiary/aromatic N) is 1. The fourth-order valence-electron chi connectivity index (χ4n) is 1.09. The Morgan fingerprint density at radius 2 is 2.23 bits per heavy atom. The summed E-state index contributed by atoms with van der Waals surface area (Å²) in [6, 6.07) is 1.39. The predicted molar refractivity (Wildman–Crippen MR) is 51.4 cm³/mol. The highest BCUT2D eigenvalue weighted by molar-refractivity contribution is 5.33. The van der Waals surface area contributed by atoms with E-state index in [2.05, 4.69) is 0 Å². The van der Waals surface area contributed by atoms with E-state index in [0.717, 1.165) is 0 Å². The lowest BCUT2D eigenvalue weighted by atomic mass is 10.1. The SMILES string of the molecule is CC(C)(O)Cn1ccc(=O)c(N)c1. The summed E-state index contributed by atoms with van der Waals surface area (Å²) in [6.07, 6.45) is 3.14. The molecular weight excluding hydrogens is 168 g/mol. The van der Waals surface area contributed by atoms with Crippen LogP contribution in [0, 0.1) is 0 Å². The Labute approximate surface area is 76.6 Å². The second-order valence-corrected chi connectivity index (χ2v) is 3.75. The standard InChI is InChI=1S/C9H14N2O2/c1-9(2,13)6-11-4-3-8(12)7(10)5-11/h3-5,13H,6,10H2,1-2H3. The van der Waals surface area contributed by atoms with Crippen molar-refractivity contribution in [3.63, 3.8) is 0 Å². The van der Waals surface area contributed by atoms with Gasteiger partial charge in [-0.05, 0) is 13.8 Å². The van der Waals surface area contributed by atoms with Gasteiger partial charge in [-0.3, -0.25) is 4.79 Å². The number of aliphatic hydroxyl groups is 1. The highest BCUT2D eigenvalue weighted by atomic mass is 16.3. The largest absolute Gasteiger partial charge is 0.394 e. The lowest BCUT2D eigenvalue weighted by Gasteiger charge is -2.19. The van der Waals surface area contributed by atoms with E-state index in [1.807, 2.05) is 0 Å². The zero-order valence-electron chi connectivity index (χ0n) is 7.82. The van der Waals surface area contributed by atoms with Crippen molar-refractivity contribution in [2.75, 3.05) is 5.73 Å². The summed E-state index contributed by atoms with van der Waals surface area (Å²) >= 11 is 0. The number of anilines is 1. The second-order valence-electron chi connectivity index (χ2n) is 3.75. The fraction of sp³-hybridized carbons (Fsp3) is 0.444. The van der Waals surface area contributed by atoms with Gasteiger partial charge in [0.1, 0.15) is 0 Å². The fourth-order valence-corrected chi connectivity index (χ4v) is 1.09. The van der Waals surface area contributed by atoms with Crippen molar-refractivity contribution in [2.45, 2.75) is 26.0 Å². The molecule has 0 aromatic carbocycles. The lowest BCUT2D eigenvalue weighted by molar-refractivity contribution is 0.0614. The molecule has 0 aliphatic heterocycles. The summed E-state index contributed by atoms with van der Waals surface area (Å²) in [5.74, 6) is 0. The molecule has 1 aromatic heterocycles. The predicted octanol–water partition coefficient (Wildman–Crippen LogP) is 0.201. The van der Waals surface area contributed by atoms with Crippen LogP contribution in [-0.2, 0) is 6.54 Å². The molecule has 13 heavy (non-hydrogen) atoms. The Morgan fingerprint density at radius 1 is 1.62 bits per heavy atom. The van der Waals surface area contributed by atoms with E-state index in [4.69, 9.17) is 5.73 Å². The van der Waals surface area contributed by atoms with Crippen LogP contribution in [0.1, 0.15) is 13.8 Å². The first-order valence-corrected chi connectivity index (χ1v) is 4.06. The van der Waals surface area contributed by atoms with Crippen LogP contribution in [0.25, 0.3) is 0 Å². The van der Waals surface area contributed by atoms with Crippen molar-refractivity contribution in [1.29, 1.82) is 0 Å². The molecule has 0 amide bonds. The van der Waals surface area contributed by atoms with Gasteiger partial charge in [-0.15, -0.1) is 0 Å². The topological polar surface area (TPSA) is 68.2 Å². The molecule has 1 aromatic rings. The minimum atomic E-state index is -0.804. The molecule has 0 bridgehead atoms. The van der Waals surface area contributed by atoms with Crippen molar-refractivity contribution in [1.82, 2.24) is 4.57 Å². The smallest absolute Gasteiger partial charge is 0.204 e. The van der Waals surface area contributed by atoms with Crippen molar-refractivity contribution in [3.8, 4) is 0 Å². The van der Waals surface area contributed by atoms with Crippen molar-refractivity contribution >= 4 is 5.69 Å². The third-order valence-corrected chi connectivity index (χ3v) is 1.58. The average Bonchev–Trinajstić information content (AvgIpc) is 1.94. The Morgan fingerprint density at radius 3 is 2.69 bits per heavy atom. The lowest BCUT2D eigenvalue weighted by Crippen LogP contribution is -2.26. The highest BCUT2D eigenvalue weighted by Gasteiger charge is 2.12. The van der Waals surface area contributed by atoms with Crippen molar-refractivity contribution in [2.24, 2.45) is 0 Å². The van der Waals surface area contributed by atoms with Crippen LogP contribution in [0.2, 0.25) is 0 Å². The van der Waals surface area contributed by atoms with Gasteiger partial charge in [0, 0.05) is 18.5 Å². The Bertz CT molecular complexity index is 349. The van der Waals surface area contributed by atoms with Crippen LogP contribution in [0.4, 0.5) is 5.69 Å². The third-order valence-electron chi connectivity index (χ3n) is 1.58. The molecular formula is C9H14N2O2. The number of hydrogen-bond acceptors (Lipinski definition) is 3. The maximum Gasteiger partial charge on any atom is 0.204 e. The molecule has 0 aliphatic carbocycles. The zero-order chi connectivity index (χ0) is 10.1. The molecule has 72 valence electrons. The number of nitrogens with two attached hydrogens (primary N) is 1. The maximum absolute atomic E-state index is 10.9. The molecule has 0 unspecified atom stereocenters. The number of rotatable bonds is 2. The van der Waals surface area contributed by atoms with Gasteiger partial charge in [0.05, 0.1) is 17.8 Å². The van der Waals surface area contributed by atoms with Crippen molar-refractivity contribution in [3.05, 3.63) is 28.7 Å². The van der Waals surface area contributed by atoms with E-state index in [9.17, 15) is 9.90 Å². The van der Waals surface area contributed by atoms with E-state index in [1.165, 1.54) is 12.3 Å². The minimum Gasteiger partial charge on any atom is -0.394 e. The van der Waals surface area contributed by atoms with Gasteiger partial charge in [-0.25, -0.2) is 0 Å². The summed E-state index contributed by atoms with van der Waals surface area (Å²) in [5.41, 5.74) is 4.63. The third kappa shape index (κ3) is 2.91. The molecule has 1 heterocycles. The molecule has 0 atom stereocenters. The quantitative estimate of drug-likeness (QED) is 0.686. The van der Waals surface area contributed by atoms with E-state index >= 15 is 0 Å². The van der Waals surface area contributed by atoms with Gasteiger partial charge >= 0.3 is 0 Å². The molecule has 0 fully saturated rings. The number of pyridine rings is 1. The molecule has 4 nitrogen and oxygen atoms in total. The Balaban J connectivity index is 2.92. The summed E-state index contributed by atoms with van der Waals surface area (Å²) in [4.78, 5) is 10.9. The Kier molecular flexibility index (Phi) is 2.43. The first kappa shape index (κ1) is 9.80. The Hall–Kier alpha value is -1.29. The van der Waals surface area contributed by atoms with E-state index in [0.29, 0.717) is 6.54 Å². The van der Waals surface area contributed by atoms with Gasteiger partial charge < -0.3 is 15.4 Å². The normalized spacial score (nSPS) is 11.6. The highest BCUT2D eigenvalue weighted by Crippen LogP contribution is 2.05. The summed E-state index contributed by atoms with van der Waals surface area (Å²) < 4.78 is 1.69. The number of nitrogen functional groups attached to an aromatic ring is 1. The molecule has 3 N–H and O–H groups in total. The molecule has 0 aliphatic rings. The summed E-state index contributed by atoms with van der Waals surface area (Å²) in [7, 11) is 0. The molecule has 1 rings (SSSR count). The van der Waals surface area contributed by atoms with Crippen LogP contribution < -0.4 is 11.2 Å². The second kappa shape index (κ2) is 3.22. The van der Waals surface area contributed by atoms with Crippen molar-refractivity contribution < 1.29 is 5.11 Å². The van der Waals surface area contributed by atoms with Gasteiger partial charge in [0.15, 0.2) is 0 Å². The van der Waals surface area contributed by atoms with Gasteiger partial charge in [-0.1, -0.05) is 0 Å². The minimum absolute atomic E-state index is 0.188. The molecule has 0 radical (unpaired) electrons. The molecule has 0 saturated heterocycles. The van der Waals surface area contributed by atoms with Crippen LogP contribution in [0.3, 0.4) is 0 Å². The van der Waals surface area contributed by atoms with E-state index < -0.39 is 5.60 Å². The zero-order valence-corrected chi connectivity index (χ0v) is 7.82. The van der Waals surface area contributed by atoms with Crippen LogP contribution >= 0.6 is 0 Å². The summed E-state index contributed by atoms with van der Waals surface area (Å²) in [5, 5.41) is 9.49. The first-order chi connectivity index (χ1) is 5.88. The molecule has 0 spiro atoms. The number of aromatic nitrogens is 1. The maximum atomic E-state index is 10.9. The van der Waals surface area contributed by atoms with Crippen LogP contribution in [-0.4, -0.2) is 15.3 Å². The monoisotopic (exact) mass is 182 g/mol. The van der Waals surface area contributed by atoms with Crippen LogP contribution in [0.5, 0.6) is 0 Å². The van der Waals surface area contributed by atoms with Gasteiger partial charge in [-0.2, -0.15) is 0 Å². The molecule has 4 heteroatoms. The van der Waals surface area contributed by atoms with E-state index in [1.54, 1.807) is 24.6 Å².